The van der Waals surface area contributed by atoms with Crippen LogP contribution < -0.4 is 5.32 Å². The molecular weight excluding hydrogens is 210 g/mol. The monoisotopic (exact) mass is 233 g/mol. The lowest BCUT2D eigenvalue weighted by molar-refractivity contribution is 0.0801. The molecule has 2 heteroatoms. The van der Waals surface area contributed by atoms with Crippen molar-refractivity contribution < 1.29 is 5.11 Å². The molecule has 1 aliphatic rings. The second-order valence-electron chi connectivity index (χ2n) is 5.01. The van der Waals surface area contributed by atoms with E-state index in [4.69, 9.17) is 0 Å². The average Bonchev–Trinajstić information content (AvgIpc) is 2.39. The molecule has 1 aromatic rings. The van der Waals surface area contributed by atoms with Crippen molar-refractivity contribution in [1.29, 1.82) is 0 Å². The molecule has 2 rings (SSSR count). The molecule has 2 N–H and O–H groups in total. The minimum Gasteiger partial charge on any atom is -0.391 e. The minimum absolute atomic E-state index is 0.217. The predicted molar refractivity (Wildman–Crippen MR) is 72.3 cm³/mol. The van der Waals surface area contributed by atoms with Gasteiger partial charge in [0.1, 0.15) is 0 Å². The molecule has 1 heterocycles. The molecule has 0 saturated carbocycles. The third-order valence-electron chi connectivity index (χ3n) is 4.03. The van der Waals surface area contributed by atoms with Crippen LogP contribution in [-0.2, 0) is 6.42 Å². The molecule has 17 heavy (non-hydrogen) atoms. The molecule has 0 spiro atoms. The van der Waals surface area contributed by atoms with Gasteiger partial charge in [-0.25, -0.2) is 0 Å². The maximum absolute atomic E-state index is 10.4. The number of nitrogens with one attached hydrogen (secondary N) is 1. The van der Waals surface area contributed by atoms with Gasteiger partial charge in [-0.1, -0.05) is 44.9 Å². The number of aliphatic hydroxyl groups is 1. The molecule has 2 unspecified atom stereocenters. The number of fused-ring (bicyclic) bond motifs is 1. The molecule has 2 atom stereocenters. The molecule has 94 valence electrons. The van der Waals surface area contributed by atoms with Gasteiger partial charge in [-0.3, -0.25) is 0 Å². The Morgan fingerprint density at radius 3 is 2.71 bits per heavy atom. The second kappa shape index (κ2) is 5.54. The smallest absolute Gasteiger partial charge is 0.0769 e. The molecule has 0 aromatic heterocycles. The van der Waals surface area contributed by atoms with Crippen molar-refractivity contribution in [1.82, 2.24) is 0 Å². The number of hydrogen-bond donors (Lipinski definition) is 2. The van der Waals surface area contributed by atoms with Gasteiger partial charge in [0, 0.05) is 5.69 Å². The fourth-order valence-corrected chi connectivity index (χ4v) is 2.82. The summed E-state index contributed by atoms with van der Waals surface area (Å²) >= 11 is 0. The first-order chi connectivity index (χ1) is 8.26. The van der Waals surface area contributed by atoms with E-state index in [-0.39, 0.29) is 12.1 Å². The van der Waals surface area contributed by atoms with Gasteiger partial charge in [-0.05, 0) is 30.4 Å². The SMILES string of the molecule is CCC(CC)C(O)C1CCc2ccccc2N1. The number of aryl methyl sites for hydroxylation is 1. The first-order valence-electron chi connectivity index (χ1n) is 6.78. The highest BCUT2D eigenvalue weighted by atomic mass is 16.3. The van der Waals surface area contributed by atoms with Gasteiger partial charge in [0.2, 0.25) is 0 Å². The lowest BCUT2D eigenvalue weighted by Gasteiger charge is -2.34. The van der Waals surface area contributed by atoms with Gasteiger partial charge in [0.15, 0.2) is 0 Å². The van der Waals surface area contributed by atoms with Crippen LogP contribution in [0.1, 0.15) is 38.7 Å². The number of para-hydroxylation sites is 1. The fourth-order valence-electron chi connectivity index (χ4n) is 2.82. The van der Waals surface area contributed by atoms with Crippen molar-refractivity contribution in [2.24, 2.45) is 5.92 Å². The summed E-state index contributed by atoms with van der Waals surface area (Å²) in [6.07, 6.45) is 3.99. The van der Waals surface area contributed by atoms with Crippen LogP contribution in [0, 0.1) is 5.92 Å². The number of hydrogen-bond acceptors (Lipinski definition) is 2. The van der Waals surface area contributed by atoms with Gasteiger partial charge in [0.25, 0.3) is 0 Å². The van der Waals surface area contributed by atoms with E-state index in [1.807, 2.05) is 0 Å². The summed E-state index contributed by atoms with van der Waals surface area (Å²) in [5, 5.41) is 13.9. The minimum atomic E-state index is -0.224. The van der Waals surface area contributed by atoms with E-state index in [1.54, 1.807) is 0 Å². The van der Waals surface area contributed by atoms with Crippen molar-refractivity contribution in [3.8, 4) is 0 Å². The lowest BCUT2D eigenvalue weighted by atomic mass is 9.86. The zero-order valence-electron chi connectivity index (χ0n) is 10.8. The number of anilines is 1. The van der Waals surface area contributed by atoms with E-state index in [1.165, 1.54) is 11.3 Å². The van der Waals surface area contributed by atoms with Gasteiger partial charge in [-0.2, -0.15) is 0 Å². The van der Waals surface area contributed by atoms with Crippen LogP contribution in [0.5, 0.6) is 0 Å². The second-order valence-corrected chi connectivity index (χ2v) is 5.01. The molecule has 0 bridgehead atoms. The Labute approximate surface area is 104 Å². The molecule has 1 aliphatic heterocycles. The summed E-state index contributed by atoms with van der Waals surface area (Å²) in [6.45, 7) is 4.32. The summed E-state index contributed by atoms with van der Waals surface area (Å²) in [7, 11) is 0. The maximum atomic E-state index is 10.4. The Morgan fingerprint density at radius 1 is 1.29 bits per heavy atom. The highest BCUT2D eigenvalue weighted by Gasteiger charge is 2.28. The number of aliphatic hydroxyl groups excluding tert-OH is 1. The number of benzene rings is 1. The van der Waals surface area contributed by atoms with Crippen molar-refractivity contribution in [3.05, 3.63) is 29.8 Å². The molecule has 0 radical (unpaired) electrons. The molecule has 0 saturated heterocycles. The number of rotatable bonds is 4. The van der Waals surface area contributed by atoms with Gasteiger partial charge < -0.3 is 10.4 Å². The summed E-state index contributed by atoms with van der Waals surface area (Å²) in [5.74, 6) is 0.415. The molecule has 1 aromatic carbocycles. The zero-order chi connectivity index (χ0) is 12.3. The van der Waals surface area contributed by atoms with Crippen LogP contribution in [-0.4, -0.2) is 17.3 Å². The molecule has 0 amide bonds. The van der Waals surface area contributed by atoms with Crippen molar-refractivity contribution >= 4 is 5.69 Å². The zero-order valence-corrected chi connectivity index (χ0v) is 10.8. The van der Waals surface area contributed by atoms with Crippen LogP contribution >= 0.6 is 0 Å². The first-order valence-corrected chi connectivity index (χ1v) is 6.78. The van der Waals surface area contributed by atoms with E-state index in [0.717, 1.165) is 25.7 Å². The predicted octanol–water partition coefficient (Wildman–Crippen LogP) is 3.21. The van der Waals surface area contributed by atoms with Gasteiger partial charge in [-0.15, -0.1) is 0 Å². The Hall–Kier alpha value is -1.02. The highest BCUT2D eigenvalue weighted by molar-refractivity contribution is 5.53. The van der Waals surface area contributed by atoms with E-state index in [9.17, 15) is 5.11 Å². The molecule has 2 nitrogen and oxygen atoms in total. The van der Waals surface area contributed by atoms with E-state index < -0.39 is 0 Å². The summed E-state index contributed by atoms with van der Waals surface area (Å²) in [5.41, 5.74) is 2.58. The van der Waals surface area contributed by atoms with E-state index >= 15 is 0 Å². The largest absolute Gasteiger partial charge is 0.391 e. The normalized spacial score (nSPS) is 20.8. The van der Waals surface area contributed by atoms with E-state index in [2.05, 4.69) is 43.4 Å². The Bertz CT molecular complexity index is 360. The molecular formula is C15H23NO. The summed E-state index contributed by atoms with van der Waals surface area (Å²) in [6, 6.07) is 8.63. The molecule has 0 fully saturated rings. The van der Waals surface area contributed by atoms with Gasteiger partial charge >= 0.3 is 0 Å². The summed E-state index contributed by atoms with van der Waals surface area (Å²) in [4.78, 5) is 0. The van der Waals surface area contributed by atoms with E-state index in [0.29, 0.717) is 5.92 Å². The van der Waals surface area contributed by atoms with Crippen LogP contribution in [0.15, 0.2) is 24.3 Å². The third kappa shape index (κ3) is 2.63. The average molecular weight is 233 g/mol. The van der Waals surface area contributed by atoms with Crippen LogP contribution in [0.3, 0.4) is 0 Å². The van der Waals surface area contributed by atoms with Crippen molar-refractivity contribution in [2.45, 2.75) is 51.7 Å². The van der Waals surface area contributed by atoms with Crippen LogP contribution in [0.25, 0.3) is 0 Å². The van der Waals surface area contributed by atoms with Gasteiger partial charge in [0.05, 0.1) is 12.1 Å². The summed E-state index contributed by atoms with van der Waals surface area (Å²) < 4.78 is 0. The standard InChI is InChI=1S/C15H23NO/c1-3-11(4-2)15(17)14-10-9-12-7-5-6-8-13(12)16-14/h5-8,11,14-17H,3-4,9-10H2,1-2H3. The fraction of sp³-hybridized carbons (Fsp3) is 0.600. The maximum Gasteiger partial charge on any atom is 0.0769 e. The quantitative estimate of drug-likeness (QED) is 0.837. The van der Waals surface area contributed by atoms with Crippen LogP contribution in [0.2, 0.25) is 0 Å². The topological polar surface area (TPSA) is 32.3 Å². The Kier molecular flexibility index (Phi) is 4.06. The lowest BCUT2D eigenvalue weighted by Crippen LogP contribution is -2.41. The van der Waals surface area contributed by atoms with Crippen molar-refractivity contribution in [2.75, 3.05) is 5.32 Å². The highest BCUT2D eigenvalue weighted by Crippen LogP contribution is 2.28. The Balaban J connectivity index is 2.07. The third-order valence-corrected chi connectivity index (χ3v) is 4.03. The Morgan fingerprint density at radius 2 is 2.00 bits per heavy atom. The first kappa shape index (κ1) is 12.4. The van der Waals surface area contributed by atoms with Crippen LogP contribution in [0.4, 0.5) is 5.69 Å². The molecule has 0 aliphatic carbocycles. The van der Waals surface area contributed by atoms with Crippen molar-refractivity contribution in [3.63, 3.8) is 0 Å².